The number of carbonyl (C=O) groups is 2. The molecule has 2 amide bonds. The van der Waals surface area contributed by atoms with Crippen molar-refractivity contribution in [3.8, 4) is 0 Å². The Hall–Kier alpha value is -1.63. The van der Waals surface area contributed by atoms with Crippen molar-refractivity contribution >= 4 is 23.3 Å². The van der Waals surface area contributed by atoms with Gasteiger partial charge in [-0.25, -0.2) is 9.78 Å². The fourth-order valence-electron chi connectivity index (χ4n) is 1.55. The molecule has 0 spiro atoms. The lowest BCUT2D eigenvalue weighted by Gasteiger charge is -2.08. The van der Waals surface area contributed by atoms with Gasteiger partial charge < -0.3 is 15.7 Å². The number of nitrogens with zero attached hydrogens (tertiary/aromatic N) is 1. The van der Waals surface area contributed by atoms with E-state index in [9.17, 15) is 9.59 Å². The van der Waals surface area contributed by atoms with E-state index in [2.05, 4.69) is 22.5 Å². The summed E-state index contributed by atoms with van der Waals surface area (Å²) in [5.41, 5.74) is 0. The van der Waals surface area contributed by atoms with Gasteiger partial charge in [0.2, 0.25) is 0 Å². The molecule has 0 aliphatic rings. The van der Waals surface area contributed by atoms with Crippen LogP contribution >= 0.6 is 11.3 Å². The number of hydrogen-bond donors (Lipinski definition) is 3. The van der Waals surface area contributed by atoms with Crippen molar-refractivity contribution in [2.75, 3.05) is 6.54 Å². The van der Waals surface area contributed by atoms with Gasteiger partial charge in [-0.05, 0) is 19.3 Å². The van der Waals surface area contributed by atoms with Crippen molar-refractivity contribution in [1.82, 2.24) is 15.6 Å². The summed E-state index contributed by atoms with van der Waals surface area (Å²) in [7, 11) is 0. The third-order valence-corrected chi connectivity index (χ3v) is 4.01. The predicted octanol–water partition coefficient (Wildman–Crippen LogP) is 2.01. The summed E-state index contributed by atoms with van der Waals surface area (Å²) < 4.78 is 0. The van der Waals surface area contributed by atoms with Gasteiger partial charge in [-0.1, -0.05) is 13.8 Å². The van der Waals surface area contributed by atoms with Gasteiger partial charge in [0.15, 0.2) is 0 Å². The third-order valence-electron chi connectivity index (χ3n) is 2.87. The fourth-order valence-corrected chi connectivity index (χ4v) is 2.35. The van der Waals surface area contributed by atoms with Crippen LogP contribution in [0.15, 0.2) is 6.20 Å². The number of carboxylic acid groups (broad SMARTS) is 1. The average Bonchev–Trinajstić information content (AvgIpc) is 2.89. The number of aromatic nitrogens is 1. The van der Waals surface area contributed by atoms with E-state index in [4.69, 9.17) is 5.11 Å². The standard InChI is InChI=1S/C13H21N3O3S/c1-3-10-7-15-11(20-10)8-16-13(19)14-6-4-5-9(2)12(17)18/h7,9H,3-6,8H2,1-2H3,(H,17,18)(H2,14,16,19). The Kier molecular flexibility index (Phi) is 7.00. The van der Waals surface area contributed by atoms with Crippen LogP contribution in [-0.4, -0.2) is 28.6 Å². The molecule has 6 nitrogen and oxygen atoms in total. The third kappa shape index (κ3) is 6.01. The molecule has 0 aromatic carbocycles. The molecule has 0 aliphatic carbocycles. The van der Waals surface area contributed by atoms with Gasteiger partial charge in [0.05, 0.1) is 12.5 Å². The minimum Gasteiger partial charge on any atom is -0.481 e. The largest absolute Gasteiger partial charge is 0.481 e. The number of aryl methyl sites for hydroxylation is 1. The highest BCUT2D eigenvalue weighted by atomic mass is 32.1. The van der Waals surface area contributed by atoms with Crippen LogP contribution in [0.25, 0.3) is 0 Å². The van der Waals surface area contributed by atoms with Crippen LogP contribution < -0.4 is 10.6 Å². The number of urea groups is 1. The van der Waals surface area contributed by atoms with Gasteiger partial charge in [-0.2, -0.15) is 0 Å². The molecule has 1 rings (SSSR count). The SMILES string of the molecule is CCc1cnc(CNC(=O)NCCCC(C)C(=O)O)s1. The first-order chi connectivity index (χ1) is 9.52. The predicted molar refractivity (Wildman–Crippen MR) is 77.8 cm³/mol. The van der Waals surface area contributed by atoms with E-state index in [1.807, 2.05) is 6.20 Å². The first kappa shape index (κ1) is 16.4. The molecule has 1 heterocycles. The van der Waals surface area contributed by atoms with Crippen molar-refractivity contribution in [2.24, 2.45) is 5.92 Å². The number of carboxylic acids is 1. The molecule has 0 bridgehead atoms. The van der Waals surface area contributed by atoms with Crippen LogP contribution in [0.3, 0.4) is 0 Å². The number of amides is 2. The van der Waals surface area contributed by atoms with Crippen LogP contribution in [0.5, 0.6) is 0 Å². The quantitative estimate of drug-likeness (QED) is 0.640. The molecule has 112 valence electrons. The second-order valence-electron chi connectivity index (χ2n) is 4.56. The molecule has 1 unspecified atom stereocenters. The smallest absolute Gasteiger partial charge is 0.315 e. The van der Waals surface area contributed by atoms with Gasteiger partial charge in [-0.15, -0.1) is 11.3 Å². The van der Waals surface area contributed by atoms with Gasteiger partial charge in [0.1, 0.15) is 5.01 Å². The summed E-state index contributed by atoms with van der Waals surface area (Å²) in [6.45, 7) is 4.62. The Morgan fingerprint density at radius 2 is 2.20 bits per heavy atom. The summed E-state index contributed by atoms with van der Waals surface area (Å²) in [6, 6.07) is -0.249. The van der Waals surface area contributed by atoms with E-state index in [1.165, 1.54) is 4.88 Å². The summed E-state index contributed by atoms with van der Waals surface area (Å²) in [5.74, 6) is -1.17. The molecule has 0 saturated carbocycles. The van der Waals surface area contributed by atoms with Crippen molar-refractivity contribution in [3.05, 3.63) is 16.1 Å². The topological polar surface area (TPSA) is 91.3 Å². The molecule has 0 radical (unpaired) electrons. The van der Waals surface area contributed by atoms with E-state index in [1.54, 1.807) is 18.3 Å². The van der Waals surface area contributed by atoms with Gasteiger partial charge in [0.25, 0.3) is 0 Å². The molecule has 0 fully saturated rings. The highest BCUT2D eigenvalue weighted by molar-refractivity contribution is 7.11. The van der Waals surface area contributed by atoms with Crippen LogP contribution in [0, 0.1) is 5.92 Å². The molecule has 3 N–H and O–H groups in total. The first-order valence-electron chi connectivity index (χ1n) is 6.71. The van der Waals surface area contributed by atoms with Crippen LogP contribution in [0.2, 0.25) is 0 Å². The zero-order chi connectivity index (χ0) is 15.0. The lowest BCUT2D eigenvalue weighted by Crippen LogP contribution is -2.35. The molecule has 0 saturated heterocycles. The van der Waals surface area contributed by atoms with Crippen LogP contribution in [-0.2, 0) is 17.8 Å². The maximum absolute atomic E-state index is 11.5. The lowest BCUT2D eigenvalue weighted by atomic mass is 10.1. The average molecular weight is 299 g/mol. The van der Waals surface area contributed by atoms with Crippen LogP contribution in [0.4, 0.5) is 4.79 Å². The molecule has 1 aromatic rings. The van der Waals surface area contributed by atoms with Crippen molar-refractivity contribution in [3.63, 3.8) is 0 Å². The Morgan fingerprint density at radius 1 is 1.45 bits per heavy atom. The highest BCUT2D eigenvalue weighted by Gasteiger charge is 2.10. The van der Waals surface area contributed by atoms with Gasteiger partial charge in [0, 0.05) is 17.6 Å². The maximum Gasteiger partial charge on any atom is 0.315 e. The monoisotopic (exact) mass is 299 g/mol. The van der Waals surface area contributed by atoms with Crippen molar-refractivity contribution in [2.45, 2.75) is 39.7 Å². The molecule has 7 heteroatoms. The summed E-state index contributed by atoms with van der Waals surface area (Å²) in [5, 5.41) is 15.0. The van der Waals surface area contributed by atoms with E-state index in [0.29, 0.717) is 25.9 Å². The first-order valence-corrected chi connectivity index (χ1v) is 7.52. The summed E-state index contributed by atoms with van der Waals surface area (Å²) in [4.78, 5) is 27.5. The van der Waals surface area contributed by atoms with Crippen LogP contribution in [0.1, 0.15) is 36.6 Å². The molecular formula is C13H21N3O3S. The minimum absolute atomic E-state index is 0.249. The Balaban J connectivity index is 2.13. The van der Waals surface area contributed by atoms with Crippen molar-refractivity contribution in [1.29, 1.82) is 0 Å². The zero-order valence-electron chi connectivity index (χ0n) is 11.8. The maximum atomic E-state index is 11.5. The van der Waals surface area contributed by atoms with Gasteiger partial charge in [-0.3, -0.25) is 4.79 Å². The normalized spacial score (nSPS) is 11.9. The second-order valence-corrected chi connectivity index (χ2v) is 5.76. The fraction of sp³-hybridized carbons (Fsp3) is 0.615. The Morgan fingerprint density at radius 3 is 2.80 bits per heavy atom. The van der Waals surface area contributed by atoms with E-state index in [-0.39, 0.29) is 11.9 Å². The number of thiazole rings is 1. The second kappa shape index (κ2) is 8.52. The number of aliphatic carboxylic acids is 1. The number of rotatable bonds is 8. The number of carbonyl (C=O) groups excluding carboxylic acids is 1. The Bertz CT molecular complexity index is 448. The zero-order valence-corrected chi connectivity index (χ0v) is 12.6. The summed E-state index contributed by atoms with van der Waals surface area (Å²) >= 11 is 1.59. The number of hydrogen-bond acceptors (Lipinski definition) is 4. The van der Waals surface area contributed by atoms with E-state index >= 15 is 0 Å². The minimum atomic E-state index is -0.801. The summed E-state index contributed by atoms with van der Waals surface area (Å²) in [6.07, 6.45) is 3.98. The molecule has 1 atom stereocenters. The molecule has 20 heavy (non-hydrogen) atoms. The molecule has 1 aromatic heterocycles. The lowest BCUT2D eigenvalue weighted by molar-refractivity contribution is -0.141. The molecular weight excluding hydrogens is 278 g/mol. The van der Waals surface area contributed by atoms with Crippen molar-refractivity contribution < 1.29 is 14.7 Å². The van der Waals surface area contributed by atoms with E-state index in [0.717, 1.165) is 11.4 Å². The van der Waals surface area contributed by atoms with Gasteiger partial charge >= 0.3 is 12.0 Å². The number of nitrogens with one attached hydrogen (secondary N) is 2. The highest BCUT2D eigenvalue weighted by Crippen LogP contribution is 2.12. The molecule has 0 aliphatic heterocycles. The van der Waals surface area contributed by atoms with E-state index < -0.39 is 5.97 Å². The Labute approximate surface area is 122 Å².